The first-order chi connectivity index (χ1) is 5.79. The number of allylic oxidation sites excluding steroid dienone is 2. The molecule has 66 valence electrons. The third-order valence-electron chi connectivity index (χ3n) is 2.80. The molecule has 1 amide bonds. The van der Waals surface area contributed by atoms with Crippen molar-refractivity contribution in [2.75, 3.05) is 7.05 Å². The molecule has 2 aliphatic carbocycles. The van der Waals surface area contributed by atoms with Crippen LogP contribution in [0.5, 0.6) is 0 Å². The third-order valence-corrected chi connectivity index (χ3v) is 2.80. The van der Waals surface area contributed by atoms with Crippen LogP contribution >= 0.6 is 0 Å². The zero-order chi connectivity index (χ0) is 8.55. The molecule has 0 saturated heterocycles. The van der Waals surface area contributed by atoms with E-state index in [0.717, 1.165) is 12.8 Å². The van der Waals surface area contributed by atoms with Crippen LogP contribution in [0, 0.1) is 5.92 Å². The molecule has 2 aliphatic rings. The van der Waals surface area contributed by atoms with Gasteiger partial charge < -0.3 is 4.90 Å². The van der Waals surface area contributed by atoms with Crippen molar-refractivity contribution in [2.45, 2.75) is 31.7 Å². The Morgan fingerprint density at radius 3 is 2.42 bits per heavy atom. The van der Waals surface area contributed by atoms with Gasteiger partial charge in [-0.15, -0.1) is 0 Å². The van der Waals surface area contributed by atoms with Crippen molar-refractivity contribution in [1.82, 2.24) is 4.90 Å². The predicted octanol–water partition coefficient (Wildman–Crippen LogP) is 1.57. The van der Waals surface area contributed by atoms with E-state index in [1.165, 1.54) is 12.8 Å². The Balaban J connectivity index is 1.89. The van der Waals surface area contributed by atoms with E-state index in [4.69, 9.17) is 0 Å². The fraction of sp³-hybridized carbons (Fsp3) is 0.700. The molecule has 1 saturated carbocycles. The van der Waals surface area contributed by atoms with Crippen molar-refractivity contribution in [3.05, 3.63) is 12.2 Å². The summed E-state index contributed by atoms with van der Waals surface area (Å²) in [6.45, 7) is 0. The summed E-state index contributed by atoms with van der Waals surface area (Å²) in [4.78, 5) is 13.7. The van der Waals surface area contributed by atoms with Crippen LogP contribution in [0.15, 0.2) is 12.2 Å². The number of amides is 1. The van der Waals surface area contributed by atoms with Crippen LogP contribution in [0.25, 0.3) is 0 Å². The van der Waals surface area contributed by atoms with Crippen molar-refractivity contribution in [3.8, 4) is 0 Å². The Labute approximate surface area is 73.2 Å². The highest BCUT2D eigenvalue weighted by molar-refractivity contribution is 5.80. The molecule has 0 aromatic carbocycles. The van der Waals surface area contributed by atoms with Crippen molar-refractivity contribution in [3.63, 3.8) is 0 Å². The summed E-state index contributed by atoms with van der Waals surface area (Å²) in [6, 6.07) is 0.568. The van der Waals surface area contributed by atoms with E-state index in [2.05, 4.69) is 12.2 Å². The molecule has 2 rings (SSSR count). The van der Waals surface area contributed by atoms with Gasteiger partial charge in [0.05, 0.1) is 0 Å². The first kappa shape index (κ1) is 7.84. The van der Waals surface area contributed by atoms with E-state index in [-0.39, 0.29) is 5.92 Å². The van der Waals surface area contributed by atoms with Gasteiger partial charge in [-0.1, -0.05) is 12.2 Å². The van der Waals surface area contributed by atoms with Gasteiger partial charge in [0, 0.05) is 19.0 Å². The van der Waals surface area contributed by atoms with Gasteiger partial charge in [-0.3, -0.25) is 4.79 Å². The highest BCUT2D eigenvalue weighted by Crippen LogP contribution is 2.29. The van der Waals surface area contributed by atoms with E-state index in [1.54, 1.807) is 0 Å². The molecule has 0 atom stereocenters. The Kier molecular flexibility index (Phi) is 1.91. The van der Waals surface area contributed by atoms with Gasteiger partial charge in [0.15, 0.2) is 0 Å². The molecule has 0 aromatic rings. The normalized spacial score (nSPS) is 23.1. The maximum Gasteiger partial charge on any atom is 0.226 e. The van der Waals surface area contributed by atoms with Gasteiger partial charge in [-0.2, -0.15) is 0 Å². The summed E-state index contributed by atoms with van der Waals surface area (Å²) in [5, 5.41) is 0. The Morgan fingerprint density at radius 2 is 1.92 bits per heavy atom. The first-order valence-electron chi connectivity index (χ1n) is 4.70. The molecule has 0 radical (unpaired) electrons. The second-order valence-corrected chi connectivity index (χ2v) is 3.82. The molecule has 0 bridgehead atoms. The van der Waals surface area contributed by atoms with Crippen LogP contribution in [0.3, 0.4) is 0 Å². The van der Waals surface area contributed by atoms with Gasteiger partial charge in [-0.05, 0) is 25.7 Å². The highest BCUT2D eigenvalue weighted by Gasteiger charge is 2.32. The van der Waals surface area contributed by atoms with E-state index in [1.807, 2.05) is 11.9 Å². The zero-order valence-corrected chi connectivity index (χ0v) is 7.49. The van der Waals surface area contributed by atoms with Gasteiger partial charge in [0.1, 0.15) is 0 Å². The van der Waals surface area contributed by atoms with Gasteiger partial charge >= 0.3 is 0 Å². The summed E-state index contributed by atoms with van der Waals surface area (Å²) < 4.78 is 0. The Bertz CT molecular complexity index is 206. The van der Waals surface area contributed by atoms with Crippen LogP contribution in [0.4, 0.5) is 0 Å². The number of hydrogen-bond donors (Lipinski definition) is 0. The average molecular weight is 165 g/mol. The van der Waals surface area contributed by atoms with Crippen LogP contribution in [0.1, 0.15) is 25.7 Å². The quantitative estimate of drug-likeness (QED) is 0.569. The molecule has 0 heterocycles. The summed E-state index contributed by atoms with van der Waals surface area (Å²) in [5.41, 5.74) is 0. The lowest BCUT2D eigenvalue weighted by atomic mass is 10.1. The molecule has 0 aromatic heterocycles. The van der Waals surface area contributed by atoms with Gasteiger partial charge in [0.25, 0.3) is 0 Å². The number of carbonyl (C=O) groups is 1. The lowest BCUT2D eigenvalue weighted by Crippen LogP contribution is -2.33. The monoisotopic (exact) mass is 165 g/mol. The molecule has 0 spiro atoms. The van der Waals surface area contributed by atoms with Crippen LogP contribution in [-0.2, 0) is 4.79 Å². The fourth-order valence-corrected chi connectivity index (χ4v) is 1.75. The second kappa shape index (κ2) is 2.92. The minimum absolute atomic E-state index is 0.260. The maximum atomic E-state index is 11.7. The van der Waals surface area contributed by atoms with E-state index < -0.39 is 0 Å². The molecular weight excluding hydrogens is 150 g/mol. The Morgan fingerprint density at radius 1 is 1.33 bits per heavy atom. The van der Waals surface area contributed by atoms with Crippen molar-refractivity contribution < 1.29 is 4.79 Å². The summed E-state index contributed by atoms with van der Waals surface area (Å²) in [7, 11) is 1.94. The van der Waals surface area contributed by atoms with Crippen LogP contribution < -0.4 is 0 Å². The van der Waals surface area contributed by atoms with Gasteiger partial charge in [-0.25, -0.2) is 0 Å². The number of hydrogen-bond acceptors (Lipinski definition) is 1. The molecule has 0 unspecified atom stereocenters. The van der Waals surface area contributed by atoms with Crippen LogP contribution in [0.2, 0.25) is 0 Å². The van der Waals surface area contributed by atoms with E-state index in [9.17, 15) is 4.79 Å². The highest BCUT2D eigenvalue weighted by atomic mass is 16.2. The zero-order valence-electron chi connectivity index (χ0n) is 7.49. The van der Waals surface area contributed by atoms with E-state index in [0.29, 0.717) is 11.9 Å². The first-order valence-corrected chi connectivity index (χ1v) is 4.70. The van der Waals surface area contributed by atoms with Crippen molar-refractivity contribution >= 4 is 5.91 Å². The molecule has 12 heavy (non-hydrogen) atoms. The minimum Gasteiger partial charge on any atom is -0.343 e. The lowest BCUT2D eigenvalue weighted by Gasteiger charge is -2.20. The van der Waals surface area contributed by atoms with Crippen LogP contribution in [-0.4, -0.2) is 23.9 Å². The summed E-state index contributed by atoms with van der Waals surface area (Å²) >= 11 is 0. The number of rotatable bonds is 2. The van der Waals surface area contributed by atoms with Crippen molar-refractivity contribution in [2.24, 2.45) is 5.92 Å². The molecular formula is C10H15NO. The number of nitrogens with zero attached hydrogens (tertiary/aromatic N) is 1. The predicted molar refractivity (Wildman–Crippen MR) is 47.7 cm³/mol. The Hall–Kier alpha value is -0.790. The molecule has 1 fully saturated rings. The standard InChI is InChI=1S/C10H15NO/c1-11(9-6-7-9)10(12)8-4-2-3-5-8/h2-3,8-9H,4-7H2,1H3. The average Bonchev–Trinajstić information content (AvgIpc) is 2.79. The van der Waals surface area contributed by atoms with Gasteiger partial charge in [0.2, 0.25) is 5.91 Å². The largest absolute Gasteiger partial charge is 0.343 e. The molecule has 0 N–H and O–H groups in total. The maximum absolute atomic E-state index is 11.7. The summed E-state index contributed by atoms with van der Waals surface area (Å²) in [6.07, 6.45) is 8.56. The smallest absolute Gasteiger partial charge is 0.226 e. The summed E-state index contributed by atoms with van der Waals surface area (Å²) in [5.74, 6) is 0.609. The second-order valence-electron chi connectivity index (χ2n) is 3.82. The van der Waals surface area contributed by atoms with E-state index >= 15 is 0 Å². The van der Waals surface area contributed by atoms with Crippen molar-refractivity contribution in [1.29, 1.82) is 0 Å². The topological polar surface area (TPSA) is 20.3 Å². The fourth-order valence-electron chi connectivity index (χ4n) is 1.75. The lowest BCUT2D eigenvalue weighted by molar-refractivity contribution is -0.134. The minimum atomic E-state index is 0.260. The third kappa shape index (κ3) is 1.38. The molecule has 2 nitrogen and oxygen atoms in total. The molecule has 0 aliphatic heterocycles. The number of carbonyl (C=O) groups excluding carboxylic acids is 1. The molecule has 2 heteroatoms. The SMILES string of the molecule is CN(C(=O)C1CC=CC1)C1CC1.